The summed E-state index contributed by atoms with van der Waals surface area (Å²) < 4.78 is 13.0. The van der Waals surface area contributed by atoms with E-state index in [1.165, 1.54) is 12.1 Å². The average Bonchev–Trinajstić information content (AvgIpc) is 2.75. The first-order valence-electron chi connectivity index (χ1n) is 6.42. The van der Waals surface area contributed by atoms with Crippen molar-refractivity contribution in [2.75, 3.05) is 31.1 Å². The zero-order valence-electron chi connectivity index (χ0n) is 10.7. The van der Waals surface area contributed by atoms with Gasteiger partial charge in [-0.05, 0) is 56.1 Å². The number of nitrogens with one attached hydrogen (secondary N) is 1. The molecule has 3 heteroatoms. The minimum atomic E-state index is -0.144. The molecule has 1 fully saturated rings. The van der Waals surface area contributed by atoms with Crippen LogP contribution in [0.2, 0.25) is 0 Å². The zero-order valence-corrected chi connectivity index (χ0v) is 10.7. The smallest absolute Gasteiger partial charge is 0.123 e. The number of rotatable bonds is 4. The Bertz CT molecular complexity index is 378. The van der Waals surface area contributed by atoms with Gasteiger partial charge in [-0.2, -0.15) is 0 Å². The number of hydrogen-bond donors (Lipinski definition) is 1. The van der Waals surface area contributed by atoms with Gasteiger partial charge in [0, 0.05) is 18.8 Å². The lowest BCUT2D eigenvalue weighted by Crippen LogP contribution is -2.26. The molecule has 1 unspecified atom stereocenters. The van der Waals surface area contributed by atoms with Crippen LogP contribution in [0.25, 0.3) is 0 Å². The molecular formula is C14H21FN2. The molecule has 94 valence electrons. The highest BCUT2D eigenvalue weighted by atomic mass is 19.1. The van der Waals surface area contributed by atoms with Crippen LogP contribution in [-0.2, 0) is 0 Å². The summed E-state index contributed by atoms with van der Waals surface area (Å²) in [5.74, 6) is 0.578. The van der Waals surface area contributed by atoms with Crippen LogP contribution in [-0.4, -0.2) is 26.2 Å². The van der Waals surface area contributed by atoms with E-state index in [4.69, 9.17) is 0 Å². The first-order valence-corrected chi connectivity index (χ1v) is 6.42. The molecule has 2 nitrogen and oxygen atoms in total. The van der Waals surface area contributed by atoms with E-state index in [0.29, 0.717) is 0 Å². The fourth-order valence-corrected chi connectivity index (χ4v) is 2.54. The minimum Gasteiger partial charge on any atom is -0.371 e. The van der Waals surface area contributed by atoms with E-state index >= 15 is 0 Å². The molecule has 0 saturated carbocycles. The average molecular weight is 236 g/mol. The molecule has 1 aromatic rings. The van der Waals surface area contributed by atoms with Crippen molar-refractivity contribution in [3.8, 4) is 0 Å². The van der Waals surface area contributed by atoms with E-state index in [1.54, 1.807) is 12.1 Å². The van der Waals surface area contributed by atoms with Crippen LogP contribution in [0.15, 0.2) is 18.2 Å². The Morgan fingerprint density at radius 3 is 3.00 bits per heavy atom. The molecular weight excluding hydrogens is 215 g/mol. The molecule has 1 N–H and O–H groups in total. The van der Waals surface area contributed by atoms with E-state index in [9.17, 15) is 4.39 Å². The third-order valence-electron chi connectivity index (χ3n) is 3.47. The molecule has 1 aromatic carbocycles. The Labute approximate surface area is 103 Å². The molecule has 0 spiro atoms. The van der Waals surface area contributed by atoms with Gasteiger partial charge >= 0.3 is 0 Å². The zero-order chi connectivity index (χ0) is 12.3. The Morgan fingerprint density at radius 1 is 1.47 bits per heavy atom. The number of aryl methyl sites for hydroxylation is 1. The molecule has 0 bridgehead atoms. The Balaban J connectivity index is 2.00. The van der Waals surface area contributed by atoms with Crippen LogP contribution in [0, 0.1) is 18.7 Å². The predicted octanol–water partition coefficient (Wildman–Crippen LogP) is 2.57. The maximum absolute atomic E-state index is 13.0. The van der Waals surface area contributed by atoms with Crippen LogP contribution in [0.1, 0.15) is 18.9 Å². The fourth-order valence-electron chi connectivity index (χ4n) is 2.54. The second-order valence-corrected chi connectivity index (χ2v) is 4.84. The number of halogens is 1. The van der Waals surface area contributed by atoms with E-state index in [2.05, 4.69) is 17.1 Å². The summed E-state index contributed by atoms with van der Waals surface area (Å²) >= 11 is 0. The van der Waals surface area contributed by atoms with Crippen molar-refractivity contribution in [2.24, 2.45) is 5.92 Å². The van der Waals surface area contributed by atoms with Gasteiger partial charge in [0.1, 0.15) is 5.82 Å². The molecule has 1 aliphatic rings. The molecule has 0 aliphatic carbocycles. The molecule has 0 radical (unpaired) electrons. The largest absolute Gasteiger partial charge is 0.371 e. The van der Waals surface area contributed by atoms with Crippen LogP contribution in [0.4, 0.5) is 10.1 Å². The van der Waals surface area contributed by atoms with Crippen molar-refractivity contribution >= 4 is 5.69 Å². The fraction of sp³-hybridized carbons (Fsp3) is 0.571. The SMILES string of the molecule is CCNCC1CCN(c2ccc(F)cc2C)C1. The third kappa shape index (κ3) is 2.97. The topological polar surface area (TPSA) is 15.3 Å². The van der Waals surface area contributed by atoms with Crippen LogP contribution in [0.5, 0.6) is 0 Å². The summed E-state index contributed by atoms with van der Waals surface area (Å²) in [5, 5.41) is 3.40. The van der Waals surface area contributed by atoms with Gasteiger partial charge in [0.15, 0.2) is 0 Å². The van der Waals surface area contributed by atoms with Gasteiger partial charge in [0.05, 0.1) is 0 Å². The second kappa shape index (κ2) is 5.50. The summed E-state index contributed by atoms with van der Waals surface area (Å²) in [5.41, 5.74) is 2.22. The summed E-state index contributed by atoms with van der Waals surface area (Å²) in [6, 6.07) is 5.08. The quantitative estimate of drug-likeness (QED) is 0.864. The summed E-state index contributed by atoms with van der Waals surface area (Å²) in [6.45, 7) is 8.41. The number of hydrogen-bond acceptors (Lipinski definition) is 2. The highest BCUT2D eigenvalue weighted by Gasteiger charge is 2.23. The molecule has 1 atom stereocenters. The van der Waals surface area contributed by atoms with Gasteiger partial charge in [-0.1, -0.05) is 6.92 Å². The third-order valence-corrected chi connectivity index (χ3v) is 3.47. The van der Waals surface area contributed by atoms with Gasteiger partial charge in [0.2, 0.25) is 0 Å². The van der Waals surface area contributed by atoms with Crippen LogP contribution in [0.3, 0.4) is 0 Å². The lowest BCUT2D eigenvalue weighted by Gasteiger charge is -2.21. The maximum Gasteiger partial charge on any atom is 0.123 e. The monoisotopic (exact) mass is 236 g/mol. The van der Waals surface area contributed by atoms with E-state index in [0.717, 1.165) is 37.7 Å². The van der Waals surface area contributed by atoms with Crippen LogP contribution < -0.4 is 10.2 Å². The number of benzene rings is 1. The molecule has 2 rings (SSSR count). The second-order valence-electron chi connectivity index (χ2n) is 4.84. The number of nitrogens with zero attached hydrogens (tertiary/aromatic N) is 1. The molecule has 1 saturated heterocycles. The van der Waals surface area contributed by atoms with E-state index < -0.39 is 0 Å². The Morgan fingerprint density at radius 2 is 2.29 bits per heavy atom. The molecule has 17 heavy (non-hydrogen) atoms. The first kappa shape index (κ1) is 12.4. The lowest BCUT2D eigenvalue weighted by molar-refractivity contribution is 0.527. The summed E-state index contributed by atoms with van der Waals surface area (Å²) in [6.07, 6.45) is 1.23. The minimum absolute atomic E-state index is 0.144. The lowest BCUT2D eigenvalue weighted by atomic mass is 10.1. The summed E-state index contributed by atoms with van der Waals surface area (Å²) in [4.78, 5) is 2.37. The van der Waals surface area contributed by atoms with Crippen molar-refractivity contribution in [1.29, 1.82) is 0 Å². The standard InChI is InChI=1S/C14H21FN2/c1-3-16-9-12-6-7-17(10-12)14-5-4-13(15)8-11(14)2/h4-5,8,12,16H,3,6-7,9-10H2,1-2H3. The van der Waals surface area contributed by atoms with Crippen molar-refractivity contribution in [1.82, 2.24) is 5.32 Å². The van der Waals surface area contributed by atoms with Crippen molar-refractivity contribution in [3.05, 3.63) is 29.6 Å². The van der Waals surface area contributed by atoms with Gasteiger partial charge in [-0.25, -0.2) is 4.39 Å². The van der Waals surface area contributed by atoms with Gasteiger partial charge in [-0.15, -0.1) is 0 Å². The highest BCUT2D eigenvalue weighted by Crippen LogP contribution is 2.26. The summed E-state index contributed by atoms with van der Waals surface area (Å²) in [7, 11) is 0. The first-order chi connectivity index (χ1) is 8.20. The van der Waals surface area contributed by atoms with Crippen molar-refractivity contribution in [3.63, 3.8) is 0 Å². The molecule has 0 amide bonds. The normalized spacial score (nSPS) is 19.9. The van der Waals surface area contributed by atoms with E-state index in [1.807, 2.05) is 13.0 Å². The predicted molar refractivity (Wildman–Crippen MR) is 70.0 cm³/mol. The van der Waals surface area contributed by atoms with Crippen molar-refractivity contribution < 1.29 is 4.39 Å². The van der Waals surface area contributed by atoms with Gasteiger partial charge in [-0.3, -0.25) is 0 Å². The van der Waals surface area contributed by atoms with Gasteiger partial charge in [0.25, 0.3) is 0 Å². The Kier molecular flexibility index (Phi) is 4.00. The van der Waals surface area contributed by atoms with Crippen LogP contribution >= 0.6 is 0 Å². The number of anilines is 1. The molecule has 0 aromatic heterocycles. The molecule has 1 aliphatic heterocycles. The highest BCUT2D eigenvalue weighted by molar-refractivity contribution is 5.53. The van der Waals surface area contributed by atoms with Crippen molar-refractivity contribution in [2.45, 2.75) is 20.3 Å². The maximum atomic E-state index is 13.0. The Hall–Kier alpha value is -1.09. The van der Waals surface area contributed by atoms with E-state index in [-0.39, 0.29) is 5.82 Å². The van der Waals surface area contributed by atoms with Gasteiger partial charge < -0.3 is 10.2 Å². The molecule has 1 heterocycles.